The average Bonchev–Trinajstić information content (AvgIpc) is 2.84. The average molecular weight is 558 g/mol. The number of hydrogen-bond acceptors (Lipinski definition) is 4. The molecule has 0 aliphatic carbocycles. The standard InChI is InChI=1S/C31H44ClN3O4/c1-8-9-13-19-35(29(37)25(20-21(2)3)33-30(38)39-31(5,6)7)27(23-16-11-10-12-17-23)28(36)34-26-22(4)15-14-18-24(26)32/h10-12,14-18,21,25,27H,8-9,13,19-20H2,1-7H3,(H,33,38)(H,34,36). The monoisotopic (exact) mass is 557 g/mol. The number of amides is 3. The molecule has 3 amide bonds. The number of nitrogens with zero attached hydrogens (tertiary/aromatic N) is 1. The van der Waals surface area contributed by atoms with Crippen LogP contribution in [0.4, 0.5) is 10.5 Å². The minimum absolute atomic E-state index is 0.112. The Morgan fingerprint density at radius 2 is 1.67 bits per heavy atom. The van der Waals surface area contributed by atoms with Gasteiger partial charge in [-0.05, 0) is 63.6 Å². The second-order valence-corrected chi connectivity index (χ2v) is 11.7. The lowest BCUT2D eigenvalue weighted by atomic mass is 9.98. The number of aryl methyl sites for hydroxylation is 1. The van der Waals surface area contributed by atoms with E-state index < -0.39 is 23.8 Å². The van der Waals surface area contributed by atoms with Gasteiger partial charge >= 0.3 is 6.09 Å². The van der Waals surface area contributed by atoms with Gasteiger partial charge in [-0.2, -0.15) is 0 Å². The van der Waals surface area contributed by atoms with E-state index in [1.165, 1.54) is 0 Å². The molecule has 0 saturated heterocycles. The van der Waals surface area contributed by atoms with E-state index in [9.17, 15) is 14.4 Å². The molecule has 0 heterocycles. The van der Waals surface area contributed by atoms with Crippen LogP contribution >= 0.6 is 11.6 Å². The van der Waals surface area contributed by atoms with E-state index >= 15 is 0 Å². The molecule has 7 nitrogen and oxygen atoms in total. The van der Waals surface area contributed by atoms with Crippen LogP contribution in [0.15, 0.2) is 48.5 Å². The minimum Gasteiger partial charge on any atom is -0.444 e. The van der Waals surface area contributed by atoms with Gasteiger partial charge in [0.1, 0.15) is 17.7 Å². The number of alkyl carbamates (subject to hydrolysis) is 1. The normalized spacial score (nSPS) is 12.9. The van der Waals surface area contributed by atoms with Crippen molar-refractivity contribution in [3.05, 3.63) is 64.7 Å². The van der Waals surface area contributed by atoms with Crippen LogP contribution in [-0.4, -0.2) is 41.0 Å². The summed E-state index contributed by atoms with van der Waals surface area (Å²) in [6.45, 7) is 13.6. The topological polar surface area (TPSA) is 87.7 Å². The largest absolute Gasteiger partial charge is 0.444 e. The van der Waals surface area contributed by atoms with Crippen LogP contribution < -0.4 is 10.6 Å². The van der Waals surface area contributed by atoms with Crippen LogP contribution in [0.5, 0.6) is 0 Å². The number of carbonyl (C=O) groups is 3. The number of rotatable bonds is 12. The lowest BCUT2D eigenvalue weighted by Gasteiger charge is -2.35. The summed E-state index contributed by atoms with van der Waals surface area (Å²) in [5.74, 6) is -0.588. The Morgan fingerprint density at radius 3 is 2.23 bits per heavy atom. The molecule has 0 radical (unpaired) electrons. The number of benzene rings is 2. The molecule has 0 spiro atoms. The molecule has 2 rings (SSSR count). The minimum atomic E-state index is -0.929. The number of carbonyl (C=O) groups excluding carboxylic acids is 3. The Kier molecular flexibility index (Phi) is 12.3. The summed E-state index contributed by atoms with van der Waals surface area (Å²) in [5, 5.41) is 6.18. The fourth-order valence-electron chi connectivity index (χ4n) is 4.33. The summed E-state index contributed by atoms with van der Waals surface area (Å²) in [5.41, 5.74) is 1.29. The van der Waals surface area contributed by atoms with Crippen LogP contribution in [0.25, 0.3) is 0 Å². The maximum Gasteiger partial charge on any atom is 0.408 e. The Morgan fingerprint density at radius 1 is 1.00 bits per heavy atom. The van der Waals surface area contributed by atoms with Crippen molar-refractivity contribution >= 4 is 35.2 Å². The number of unbranched alkanes of at least 4 members (excludes halogenated alkanes) is 2. The first-order valence-electron chi connectivity index (χ1n) is 13.7. The first-order chi connectivity index (χ1) is 18.3. The lowest BCUT2D eigenvalue weighted by molar-refractivity contribution is -0.141. The molecule has 0 fully saturated rings. The molecule has 0 aromatic heterocycles. The summed E-state index contributed by atoms with van der Waals surface area (Å²) < 4.78 is 5.46. The number of halogens is 1. The highest BCUT2D eigenvalue weighted by molar-refractivity contribution is 6.34. The highest BCUT2D eigenvalue weighted by Crippen LogP contribution is 2.30. The van der Waals surface area contributed by atoms with Crippen molar-refractivity contribution in [2.75, 3.05) is 11.9 Å². The first-order valence-corrected chi connectivity index (χ1v) is 14.1. The van der Waals surface area contributed by atoms with Crippen LogP contribution in [0, 0.1) is 12.8 Å². The second-order valence-electron chi connectivity index (χ2n) is 11.3. The number of ether oxygens (including phenoxy) is 1. The van der Waals surface area contributed by atoms with Crippen LogP contribution in [-0.2, 0) is 14.3 Å². The van der Waals surface area contributed by atoms with Crippen LogP contribution in [0.2, 0.25) is 5.02 Å². The molecule has 2 atom stereocenters. The summed E-state index contributed by atoms with van der Waals surface area (Å²) >= 11 is 6.43. The summed E-state index contributed by atoms with van der Waals surface area (Å²) in [6.07, 6.45) is 2.29. The second kappa shape index (κ2) is 14.9. The fourth-order valence-corrected chi connectivity index (χ4v) is 4.60. The van der Waals surface area contributed by atoms with Crippen molar-refractivity contribution in [2.24, 2.45) is 5.92 Å². The molecule has 39 heavy (non-hydrogen) atoms. The lowest BCUT2D eigenvalue weighted by Crippen LogP contribution is -2.53. The maximum absolute atomic E-state index is 14.2. The Labute approximate surface area is 238 Å². The summed E-state index contributed by atoms with van der Waals surface area (Å²) in [4.78, 5) is 42.5. The quantitative estimate of drug-likeness (QED) is 0.268. The van der Waals surface area contributed by atoms with Crippen molar-refractivity contribution in [3.63, 3.8) is 0 Å². The highest BCUT2D eigenvalue weighted by Gasteiger charge is 2.36. The van der Waals surface area contributed by atoms with Gasteiger partial charge in [0.25, 0.3) is 5.91 Å². The van der Waals surface area contributed by atoms with Crippen molar-refractivity contribution in [1.29, 1.82) is 0 Å². The summed E-state index contributed by atoms with van der Waals surface area (Å²) in [7, 11) is 0. The molecule has 2 unspecified atom stereocenters. The van der Waals surface area contributed by atoms with Gasteiger partial charge in [-0.25, -0.2) is 4.79 Å². The smallest absolute Gasteiger partial charge is 0.408 e. The van der Waals surface area contributed by atoms with Gasteiger partial charge in [0.2, 0.25) is 5.91 Å². The van der Waals surface area contributed by atoms with Gasteiger partial charge in [0.05, 0.1) is 10.7 Å². The number of nitrogens with one attached hydrogen (secondary N) is 2. The molecule has 2 N–H and O–H groups in total. The molecule has 8 heteroatoms. The van der Waals surface area contributed by atoms with E-state index in [0.717, 1.165) is 18.4 Å². The molecule has 0 aliphatic heterocycles. The zero-order valence-corrected chi connectivity index (χ0v) is 25.1. The van der Waals surface area contributed by atoms with Crippen molar-refractivity contribution in [3.8, 4) is 0 Å². The van der Waals surface area contributed by atoms with Crippen molar-refractivity contribution in [1.82, 2.24) is 10.2 Å². The molecule has 214 valence electrons. The molecular weight excluding hydrogens is 514 g/mol. The molecule has 2 aromatic carbocycles. The summed E-state index contributed by atoms with van der Waals surface area (Å²) in [6, 6.07) is 12.8. The molecule has 0 aliphatic rings. The fraction of sp³-hybridized carbons (Fsp3) is 0.516. The third kappa shape index (κ3) is 10.2. The molecular formula is C31H44ClN3O4. The zero-order chi connectivity index (χ0) is 29.2. The predicted molar refractivity (Wildman–Crippen MR) is 158 cm³/mol. The van der Waals surface area contributed by atoms with E-state index in [-0.39, 0.29) is 17.7 Å². The van der Waals surface area contributed by atoms with E-state index in [4.69, 9.17) is 16.3 Å². The van der Waals surface area contributed by atoms with Crippen molar-refractivity contribution in [2.45, 2.75) is 91.8 Å². The number of hydrogen-bond donors (Lipinski definition) is 2. The maximum atomic E-state index is 14.2. The van der Waals surface area contributed by atoms with Crippen LogP contribution in [0.3, 0.4) is 0 Å². The van der Waals surface area contributed by atoms with E-state index in [1.54, 1.807) is 31.7 Å². The van der Waals surface area contributed by atoms with Gasteiger partial charge in [-0.15, -0.1) is 0 Å². The predicted octanol–water partition coefficient (Wildman–Crippen LogP) is 7.29. The number of para-hydroxylation sites is 1. The van der Waals surface area contributed by atoms with Crippen molar-refractivity contribution < 1.29 is 19.1 Å². The molecule has 0 bridgehead atoms. The van der Waals surface area contributed by atoms with Gasteiger partial charge in [-0.3, -0.25) is 9.59 Å². The molecule has 0 saturated carbocycles. The van der Waals surface area contributed by atoms with Gasteiger partial charge < -0.3 is 20.3 Å². The first kappa shape index (κ1) is 32.2. The zero-order valence-electron chi connectivity index (χ0n) is 24.3. The van der Waals surface area contributed by atoms with Crippen LogP contribution in [0.1, 0.15) is 84.4 Å². The number of anilines is 1. The third-order valence-electron chi connectivity index (χ3n) is 6.13. The highest BCUT2D eigenvalue weighted by atomic mass is 35.5. The third-order valence-corrected chi connectivity index (χ3v) is 6.44. The Hall–Kier alpha value is -3.06. The Balaban J connectivity index is 2.53. The van der Waals surface area contributed by atoms with E-state index in [0.29, 0.717) is 35.7 Å². The van der Waals surface area contributed by atoms with E-state index in [1.807, 2.05) is 63.2 Å². The van der Waals surface area contributed by atoms with Gasteiger partial charge in [-0.1, -0.05) is 87.7 Å². The van der Waals surface area contributed by atoms with Gasteiger partial charge in [0.15, 0.2) is 0 Å². The SMILES string of the molecule is CCCCCN(C(=O)C(CC(C)C)NC(=O)OC(C)(C)C)C(C(=O)Nc1c(C)cccc1Cl)c1ccccc1. The van der Waals surface area contributed by atoms with E-state index in [2.05, 4.69) is 17.6 Å². The Bertz CT molecular complexity index is 1080. The van der Waals surface area contributed by atoms with Gasteiger partial charge in [0, 0.05) is 6.54 Å². The molecule has 2 aromatic rings.